The van der Waals surface area contributed by atoms with E-state index in [0.717, 1.165) is 36.4 Å². The molecule has 0 atom stereocenters. The first-order valence-corrected chi connectivity index (χ1v) is 29.0. The number of nitrogens with one attached hydrogen (secondary N) is 3. The molecule has 7 rings (SSSR count). The van der Waals surface area contributed by atoms with E-state index < -0.39 is 131 Å². The van der Waals surface area contributed by atoms with Gasteiger partial charge in [0.05, 0.1) is 89.7 Å². The van der Waals surface area contributed by atoms with Gasteiger partial charge in [0.25, 0.3) is 30.1 Å². The third-order valence-electron chi connectivity index (χ3n) is 9.65. The second-order valence-corrected chi connectivity index (χ2v) is 25.2. The normalized spacial score (nSPS) is 11.7. The minimum absolute atomic E-state index is 0. The fourth-order valence-electron chi connectivity index (χ4n) is 6.87. The summed E-state index contributed by atoms with van der Waals surface area (Å²) in [6, 6.07) is 11.3. The summed E-state index contributed by atoms with van der Waals surface area (Å²) in [6.07, 6.45) is 0. The smallest absolute Gasteiger partial charge is 0.744 e. The summed E-state index contributed by atoms with van der Waals surface area (Å²) in [5.74, 6) is -2.65. The standard InChI is InChI=1S/C36H27N3O27S9.6Na/c40-31-9-21(69-65-61-45)2-16-1-19(67-63-59-43)7-28(34(16)31)37-71(47,48)23-11-24(72(49,50)38-29-8-20(68-64-60-44)3-17-6-27(75(56,57)58)15-33(42)35(17)29)13-25(12-23)73(51,52)39-30-14-26(74(53,54)55)5-18-4-22(70-66-62-46)10-32(41)36(18)30;;;;;;/h1-15,37-46H,(H,53,54,55)(H,56,57,58);;;;;;/q;6*+1/p-6. The van der Waals surface area contributed by atoms with E-state index in [1.807, 2.05) is 9.44 Å². The van der Waals surface area contributed by atoms with E-state index in [1.54, 1.807) is 0 Å². The molecule has 30 nitrogen and oxygen atoms in total. The van der Waals surface area contributed by atoms with Gasteiger partial charge in [-0.1, -0.05) is 0 Å². The topological polar surface area (TPSA) is 480 Å². The summed E-state index contributed by atoms with van der Waals surface area (Å²) in [6.45, 7) is 0. The van der Waals surface area contributed by atoms with Crippen LogP contribution in [0.15, 0.2) is 135 Å². The van der Waals surface area contributed by atoms with Gasteiger partial charge in [0.1, 0.15) is 37.5 Å². The number of fused-ring (bicyclic) bond motifs is 3. The summed E-state index contributed by atoms with van der Waals surface area (Å²) >= 11 is 0.753. The van der Waals surface area contributed by atoms with Crippen molar-refractivity contribution in [3.05, 3.63) is 91.0 Å². The fourth-order valence-corrected chi connectivity index (χ4v) is 13.3. The third kappa shape index (κ3) is 20.1. The van der Waals surface area contributed by atoms with Gasteiger partial charge in [-0.2, -0.15) is 17.3 Å². The SMILES string of the molecule is O=S(=O)([O-])c1cc(O)c2c(NS(=O)(=O)c3cc(S(=O)(=O)Nc4cc(SOO[O-])cc5cc(SOO[O-])cc(O)c45)cc(S(=O)(=O)Nc4cc(S(=O)(=O)[O-])cc5cc(SOO[O-])cc(O)c45)c3)cc(SOO[O-])cc2c1.[Na+].[Na+].[Na+].[Na+].[Na+].[Na+]. The Hall–Kier alpha value is 0.710. The Balaban J connectivity index is 0.00000547. The number of phenols is 3. The van der Waals surface area contributed by atoms with E-state index in [9.17, 15) is 87.5 Å². The van der Waals surface area contributed by atoms with E-state index in [4.69, 9.17) is 0 Å². The first-order chi connectivity index (χ1) is 35.2. The number of anilines is 3. The molecular weight excluding hydrogens is 1330 g/mol. The van der Waals surface area contributed by atoms with Crippen LogP contribution in [0.25, 0.3) is 32.3 Å². The van der Waals surface area contributed by atoms with E-state index in [-0.39, 0.29) is 256 Å². The molecule has 0 saturated carbocycles. The Morgan fingerprint density at radius 2 is 0.580 bits per heavy atom. The monoisotopic (exact) mass is 1350 g/mol. The summed E-state index contributed by atoms with van der Waals surface area (Å²) < 4.78 is 183. The summed E-state index contributed by atoms with van der Waals surface area (Å²) in [4.78, 5) is -6.69. The van der Waals surface area contributed by atoms with E-state index in [2.05, 4.69) is 42.2 Å². The number of hydrogen-bond donors (Lipinski definition) is 6. The second kappa shape index (κ2) is 33.5. The Labute approximate surface area is 607 Å². The molecule has 402 valence electrons. The zero-order valence-corrected chi connectivity index (χ0v) is 60.8. The van der Waals surface area contributed by atoms with Gasteiger partial charge in [0.2, 0.25) is 0 Å². The predicted molar refractivity (Wildman–Crippen MR) is 244 cm³/mol. The largest absolute Gasteiger partial charge is 1.00 e. The molecule has 0 aromatic heterocycles. The van der Waals surface area contributed by atoms with Crippen molar-refractivity contribution in [2.45, 2.75) is 44.1 Å². The molecule has 6 N–H and O–H groups in total. The summed E-state index contributed by atoms with van der Waals surface area (Å²) in [5, 5.41) is 86.2. The minimum atomic E-state index is -5.54. The zero-order valence-electron chi connectivity index (χ0n) is 41.5. The first-order valence-electron chi connectivity index (χ1n) is 18.8. The second-order valence-electron chi connectivity index (χ2n) is 14.3. The van der Waals surface area contributed by atoms with Crippen LogP contribution in [0.5, 0.6) is 17.2 Å². The molecule has 0 aliphatic carbocycles. The molecule has 0 saturated heterocycles. The maximum Gasteiger partial charge on any atom is 1.00 e. The van der Waals surface area contributed by atoms with E-state index >= 15 is 0 Å². The molecule has 0 spiro atoms. The number of hydrogen-bond acceptors (Lipinski definition) is 31. The van der Waals surface area contributed by atoms with Gasteiger partial charge in [-0.25, -0.2) is 42.1 Å². The molecule has 0 heterocycles. The maximum atomic E-state index is 14.6. The average Bonchev–Trinajstić information content (AvgIpc) is 3.32. The van der Waals surface area contributed by atoms with Crippen LogP contribution in [0.4, 0.5) is 17.1 Å². The zero-order chi connectivity index (χ0) is 54.8. The van der Waals surface area contributed by atoms with Crippen LogP contribution in [0, 0.1) is 0 Å². The number of sulfonamides is 3. The van der Waals surface area contributed by atoms with Crippen molar-refractivity contribution in [3.63, 3.8) is 0 Å². The van der Waals surface area contributed by atoms with Crippen LogP contribution >= 0.6 is 48.2 Å². The number of benzene rings is 7. The van der Waals surface area contributed by atoms with Crippen LogP contribution in [0.3, 0.4) is 0 Å². The van der Waals surface area contributed by atoms with Crippen molar-refractivity contribution in [1.29, 1.82) is 0 Å². The van der Waals surface area contributed by atoms with Gasteiger partial charge < -0.3 is 45.5 Å². The van der Waals surface area contributed by atoms with Gasteiger partial charge >= 0.3 is 177 Å². The number of aromatic hydroxyl groups is 3. The molecule has 0 unspecified atom stereocenters. The molecule has 0 radical (unpaired) electrons. The number of phenolic OH excluding ortho intramolecular Hbond substituents is 3. The van der Waals surface area contributed by atoms with Crippen molar-refractivity contribution < 1.29 is 302 Å². The average molecular weight is 1350 g/mol. The molecule has 81 heavy (non-hydrogen) atoms. The Kier molecular flexibility index (Phi) is 33.0. The van der Waals surface area contributed by atoms with Gasteiger partial charge in [-0.3, -0.25) is 34.3 Å². The molecule has 0 aliphatic rings. The molecule has 0 fully saturated rings. The Bertz CT molecular complexity index is 4010. The van der Waals surface area contributed by atoms with Gasteiger partial charge in [-0.05, 0) is 107 Å². The molecule has 0 amide bonds. The van der Waals surface area contributed by atoms with Gasteiger partial charge in [-0.15, -0.1) is 0 Å². The molecule has 0 bridgehead atoms. The van der Waals surface area contributed by atoms with Crippen LogP contribution < -0.4 is 213 Å². The fraction of sp³-hybridized carbons (Fsp3) is 0. The summed E-state index contributed by atoms with van der Waals surface area (Å²) in [5.41, 5.74) is -2.25. The van der Waals surface area contributed by atoms with Crippen molar-refractivity contribution in [2.75, 3.05) is 14.2 Å². The van der Waals surface area contributed by atoms with Gasteiger partial charge in [0, 0.05) is 35.7 Å². The number of rotatable bonds is 23. The van der Waals surface area contributed by atoms with E-state index in [1.165, 1.54) is 12.1 Å². The first kappa shape index (κ1) is 79.7. The van der Waals surface area contributed by atoms with Crippen molar-refractivity contribution >= 4 is 148 Å². The quantitative estimate of drug-likeness (QED) is 0.0114. The van der Waals surface area contributed by atoms with Crippen LogP contribution in [-0.2, 0) is 87.8 Å². The molecular formula is C36H21N3Na6O27S9. The van der Waals surface area contributed by atoms with Crippen LogP contribution in [0.1, 0.15) is 0 Å². The Morgan fingerprint density at radius 1 is 0.333 bits per heavy atom. The molecule has 7 aromatic carbocycles. The third-order valence-corrected chi connectivity index (χ3v) is 17.5. The van der Waals surface area contributed by atoms with Crippen molar-refractivity contribution in [1.82, 2.24) is 0 Å². The van der Waals surface area contributed by atoms with E-state index in [0.29, 0.717) is 42.5 Å². The van der Waals surface area contributed by atoms with Crippen molar-refractivity contribution in [3.8, 4) is 17.2 Å². The predicted octanol–water partition coefficient (Wildman–Crippen LogP) is -16.6. The Morgan fingerprint density at radius 3 is 0.864 bits per heavy atom. The van der Waals surface area contributed by atoms with Crippen LogP contribution in [0.2, 0.25) is 0 Å². The molecule has 7 aromatic rings. The molecule has 0 aliphatic heterocycles. The maximum absolute atomic E-state index is 14.6. The summed E-state index contributed by atoms with van der Waals surface area (Å²) in [7, 11) is -27.2. The van der Waals surface area contributed by atoms with Crippen LogP contribution in [-0.4, -0.2) is 66.5 Å². The minimum Gasteiger partial charge on any atom is -0.744 e. The van der Waals surface area contributed by atoms with Crippen molar-refractivity contribution in [2.24, 2.45) is 0 Å². The van der Waals surface area contributed by atoms with Gasteiger partial charge in [0.15, 0.2) is 0 Å². The molecule has 45 heteroatoms.